The van der Waals surface area contributed by atoms with E-state index in [9.17, 15) is 14.9 Å². The molecule has 0 bridgehead atoms. The van der Waals surface area contributed by atoms with Crippen LogP contribution in [0, 0.1) is 10.1 Å². The maximum absolute atomic E-state index is 11.9. The Hall–Kier alpha value is -1.47. The van der Waals surface area contributed by atoms with Crippen molar-refractivity contribution in [3.8, 4) is 0 Å². The third-order valence-electron chi connectivity index (χ3n) is 2.92. The Morgan fingerprint density at radius 2 is 1.83 bits per heavy atom. The van der Waals surface area contributed by atoms with Crippen LogP contribution in [-0.2, 0) is 10.5 Å². The number of hydrogen-bond donors (Lipinski definition) is 1. The van der Waals surface area contributed by atoms with Gasteiger partial charge < -0.3 is 5.32 Å². The standard InChI is InChI=1S/C15H11Cl3N2O3S/c16-11-3-1-9(5-12(11)17)7-24-8-15(21)19-14-4-2-10(20(22)23)6-13(14)18/h1-6H,7-8H2,(H,19,21). The number of carbonyl (C=O) groups is 1. The molecule has 0 fully saturated rings. The van der Waals surface area contributed by atoms with Gasteiger partial charge in [-0.2, -0.15) is 0 Å². The van der Waals surface area contributed by atoms with E-state index < -0.39 is 4.92 Å². The first kappa shape index (κ1) is 18.9. The second-order valence-electron chi connectivity index (χ2n) is 4.71. The predicted octanol–water partition coefficient (Wildman–Crippen LogP) is 5.43. The normalized spacial score (nSPS) is 10.5. The summed E-state index contributed by atoms with van der Waals surface area (Å²) in [5.41, 5.74) is 1.16. The molecule has 0 aliphatic carbocycles. The number of carbonyl (C=O) groups excluding carboxylic acids is 1. The molecule has 0 aromatic heterocycles. The quantitative estimate of drug-likeness (QED) is 0.514. The topological polar surface area (TPSA) is 72.2 Å². The predicted molar refractivity (Wildman–Crippen MR) is 99.4 cm³/mol. The minimum Gasteiger partial charge on any atom is -0.324 e. The van der Waals surface area contributed by atoms with Gasteiger partial charge in [0.1, 0.15) is 0 Å². The number of thioether (sulfide) groups is 1. The van der Waals surface area contributed by atoms with Gasteiger partial charge in [0.05, 0.1) is 31.4 Å². The average Bonchev–Trinajstić information content (AvgIpc) is 2.52. The number of nitrogens with one attached hydrogen (secondary N) is 1. The number of nitro groups is 1. The van der Waals surface area contributed by atoms with E-state index in [0.29, 0.717) is 21.5 Å². The molecule has 24 heavy (non-hydrogen) atoms. The molecule has 0 atom stereocenters. The van der Waals surface area contributed by atoms with Gasteiger partial charge in [0.25, 0.3) is 5.69 Å². The first-order valence-electron chi connectivity index (χ1n) is 6.62. The molecule has 1 amide bonds. The molecule has 0 heterocycles. The van der Waals surface area contributed by atoms with Gasteiger partial charge in [0.2, 0.25) is 5.91 Å². The fraction of sp³-hybridized carbons (Fsp3) is 0.133. The zero-order valence-corrected chi connectivity index (χ0v) is 15.2. The van der Waals surface area contributed by atoms with Gasteiger partial charge in [-0.1, -0.05) is 40.9 Å². The number of hydrogen-bond acceptors (Lipinski definition) is 4. The van der Waals surface area contributed by atoms with E-state index in [2.05, 4.69) is 5.32 Å². The molecule has 1 N–H and O–H groups in total. The molecule has 0 aliphatic rings. The lowest BCUT2D eigenvalue weighted by Gasteiger charge is -2.07. The number of halogens is 3. The molecule has 0 spiro atoms. The van der Waals surface area contributed by atoms with Crippen molar-refractivity contribution < 1.29 is 9.72 Å². The van der Waals surface area contributed by atoms with Crippen molar-refractivity contribution in [3.63, 3.8) is 0 Å². The maximum atomic E-state index is 11.9. The van der Waals surface area contributed by atoms with Crippen molar-refractivity contribution in [2.24, 2.45) is 0 Å². The molecule has 0 saturated heterocycles. The molecule has 5 nitrogen and oxygen atoms in total. The highest BCUT2D eigenvalue weighted by Crippen LogP contribution is 2.27. The van der Waals surface area contributed by atoms with E-state index in [1.54, 1.807) is 12.1 Å². The number of anilines is 1. The number of benzene rings is 2. The van der Waals surface area contributed by atoms with Gasteiger partial charge in [0, 0.05) is 17.9 Å². The number of rotatable bonds is 6. The van der Waals surface area contributed by atoms with Gasteiger partial charge >= 0.3 is 0 Å². The van der Waals surface area contributed by atoms with Crippen molar-refractivity contribution in [1.29, 1.82) is 0 Å². The average molecular weight is 406 g/mol. The molecule has 2 aromatic rings. The van der Waals surface area contributed by atoms with Crippen molar-refractivity contribution in [2.45, 2.75) is 5.75 Å². The molecule has 0 aliphatic heterocycles. The minimum absolute atomic E-state index is 0.118. The van der Waals surface area contributed by atoms with Crippen LogP contribution < -0.4 is 5.32 Å². The highest BCUT2D eigenvalue weighted by molar-refractivity contribution is 7.99. The van der Waals surface area contributed by atoms with Gasteiger partial charge in [-0.15, -0.1) is 11.8 Å². The Kier molecular flexibility index (Phi) is 6.74. The molecule has 0 saturated carbocycles. The number of non-ortho nitro benzene ring substituents is 1. The fourth-order valence-corrected chi connectivity index (χ4v) is 3.11. The van der Waals surface area contributed by atoms with Crippen molar-refractivity contribution >= 4 is 63.8 Å². The number of nitro benzene ring substituents is 1. The molecule has 2 aromatic carbocycles. The van der Waals surface area contributed by atoms with Crippen LogP contribution in [-0.4, -0.2) is 16.6 Å². The van der Waals surface area contributed by atoms with Crippen LogP contribution in [0.15, 0.2) is 36.4 Å². The third-order valence-corrected chi connectivity index (χ3v) is 4.98. The first-order chi connectivity index (χ1) is 11.4. The van der Waals surface area contributed by atoms with Crippen LogP contribution in [0.2, 0.25) is 15.1 Å². The Balaban J connectivity index is 1.87. The lowest BCUT2D eigenvalue weighted by molar-refractivity contribution is -0.384. The molecule has 0 unspecified atom stereocenters. The summed E-state index contributed by atoms with van der Waals surface area (Å²) in [4.78, 5) is 22.0. The highest BCUT2D eigenvalue weighted by Gasteiger charge is 2.11. The Morgan fingerprint density at radius 1 is 1.08 bits per heavy atom. The zero-order valence-electron chi connectivity index (χ0n) is 12.1. The second-order valence-corrected chi connectivity index (χ2v) is 6.92. The Morgan fingerprint density at radius 3 is 2.46 bits per heavy atom. The lowest BCUT2D eigenvalue weighted by Crippen LogP contribution is -2.14. The van der Waals surface area contributed by atoms with E-state index in [-0.39, 0.29) is 22.4 Å². The summed E-state index contributed by atoms with van der Waals surface area (Å²) < 4.78 is 0. The van der Waals surface area contributed by atoms with Crippen molar-refractivity contribution in [3.05, 3.63) is 67.1 Å². The van der Waals surface area contributed by atoms with Gasteiger partial charge in [-0.05, 0) is 23.8 Å². The van der Waals surface area contributed by atoms with Crippen LogP contribution in [0.25, 0.3) is 0 Å². The Bertz CT molecular complexity index is 787. The van der Waals surface area contributed by atoms with E-state index in [1.165, 1.54) is 30.0 Å². The van der Waals surface area contributed by atoms with Crippen LogP contribution in [0.5, 0.6) is 0 Å². The van der Waals surface area contributed by atoms with E-state index in [4.69, 9.17) is 34.8 Å². The smallest absolute Gasteiger partial charge is 0.271 e. The Labute approximate surface area is 157 Å². The van der Waals surface area contributed by atoms with Gasteiger partial charge in [0.15, 0.2) is 0 Å². The zero-order chi connectivity index (χ0) is 17.7. The minimum atomic E-state index is -0.551. The number of amides is 1. The SMILES string of the molecule is O=C(CSCc1ccc(Cl)c(Cl)c1)Nc1ccc([N+](=O)[O-])cc1Cl. The summed E-state index contributed by atoms with van der Waals surface area (Å²) in [5, 5.41) is 14.3. The summed E-state index contributed by atoms with van der Waals surface area (Å²) in [5.74, 6) is 0.544. The fourth-order valence-electron chi connectivity index (χ4n) is 1.80. The molecule has 0 radical (unpaired) electrons. The van der Waals surface area contributed by atoms with Crippen LogP contribution >= 0.6 is 46.6 Å². The largest absolute Gasteiger partial charge is 0.324 e. The maximum Gasteiger partial charge on any atom is 0.271 e. The van der Waals surface area contributed by atoms with Crippen molar-refractivity contribution in [2.75, 3.05) is 11.1 Å². The van der Waals surface area contributed by atoms with Crippen molar-refractivity contribution in [1.82, 2.24) is 0 Å². The highest BCUT2D eigenvalue weighted by atomic mass is 35.5. The monoisotopic (exact) mass is 404 g/mol. The second kappa shape index (κ2) is 8.58. The molecule has 126 valence electrons. The van der Waals surface area contributed by atoms with Crippen LogP contribution in [0.3, 0.4) is 0 Å². The third kappa shape index (κ3) is 5.27. The molecule has 9 heteroatoms. The summed E-state index contributed by atoms with van der Waals surface area (Å²) in [6.45, 7) is 0. The lowest BCUT2D eigenvalue weighted by atomic mass is 10.2. The van der Waals surface area contributed by atoms with E-state index in [0.717, 1.165) is 5.56 Å². The first-order valence-corrected chi connectivity index (χ1v) is 8.91. The van der Waals surface area contributed by atoms with Gasteiger partial charge in [-0.25, -0.2) is 0 Å². The number of nitrogens with zero attached hydrogens (tertiary/aromatic N) is 1. The van der Waals surface area contributed by atoms with Gasteiger partial charge in [-0.3, -0.25) is 14.9 Å². The summed E-state index contributed by atoms with van der Waals surface area (Å²) >= 11 is 19.1. The summed E-state index contributed by atoms with van der Waals surface area (Å²) in [6.07, 6.45) is 0. The summed E-state index contributed by atoms with van der Waals surface area (Å²) in [6, 6.07) is 9.18. The molecule has 2 rings (SSSR count). The molecular weight excluding hydrogens is 395 g/mol. The van der Waals surface area contributed by atoms with Crippen LogP contribution in [0.1, 0.15) is 5.56 Å². The summed E-state index contributed by atoms with van der Waals surface area (Å²) in [7, 11) is 0. The van der Waals surface area contributed by atoms with E-state index >= 15 is 0 Å². The van der Waals surface area contributed by atoms with Crippen LogP contribution in [0.4, 0.5) is 11.4 Å². The molecular formula is C15H11Cl3N2O3S. The van der Waals surface area contributed by atoms with E-state index in [1.807, 2.05) is 6.07 Å².